The summed E-state index contributed by atoms with van der Waals surface area (Å²) in [6, 6.07) is 6.44. The summed E-state index contributed by atoms with van der Waals surface area (Å²) in [4.78, 5) is 12.6. The van der Waals surface area contributed by atoms with E-state index in [2.05, 4.69) is 6.58 Å². The van der Waals surface area contributed by atoms with E-state index in [0.29, 0.717) is 6.42 Å². The number of allylic oxidation sites excluding steroid dienone is 1. The quantitative estimate of drug-likeness (QED) is 0.430. The Morgan fingerprint density at radius 3 is 3.00 bits per heavy atom. The van der Waals surface area contributed by atoms with Crippen molar-refractivity contribution in [2.24, 2.45) is 0 Å². The summed E-state index contributed by atoms with van der Waals surface area (Å²) in [5.74, 6) is -0.126. The molecule has 2 rings (SSSR count). The van der Waals surface area contributed by atoms with Crippen molar-refractivity contribution in [1.82, 2.24) is 0 Å². The topological polar surface area (TPSA) is 17.1 Å². The molecular weight excluding hydrogens is 235 g/mol. The third kappa shape index (κ3) is 2.80. The predicted octanol–water partition coefficient (Wildman–Crippen LogP) is 4.58. The van der Waals surface area contributed by atoms with E-state index in [-0.39, 0.29) is 11.6 Å². The molecule has 0 atom stereocenters. The van der Waals surface area contributed by atoms with Gasteiger partial charge in [-0.05, 0) is 36.4 Å². The molecule has 1 aromatic heterocycles. The van der Waals surface area contributed by atoms with Crippen molar-refractivity contribution >= 4 is 27.2 Å². The van der Waals surface area contributed by atoms with Gasteiger partial charge in [-0.2, -0.15) is 0 Å². The molecule has 3 heteroatoms. The van der Waals surface area contributed by atoms with Gasteiger partial charge in [0.15, 0.2) is 5.78 Å². The Morgan fingerprint density at radius 1 is 1.41 bits per heavy atom. The maximum Gasteiger partial charge on any atom is 0.172 e. The molecule has 1 nitrogen and oxygen atoms in total. The average molecular weight is 248 g/mol. The first kappa shape index (κ1) is 12.0. The Labute approximate surface area is 104 Å². The van der Waals surface area contributed by atoms with Crippen molar-refractivity contribution < 1.29 is 9.18 Å². The van der Waals surface area contributed by atoms with Gasteiger partial charge in [0.05, 0.1) is 4.88 Å². The maximum atomic E-state index is 13.0. The van der Waals surface area contributed by atoms with Crippen LogP contribution in [0.3, 0.4) is 0 Å². The lowest BCUT2D eigenvalue weighted by Gasteiger charge is -1.94. The van der Waals surface area contributed by atoms with Crippen LogP contribution < -0.4 is 0 Å². The molecule has 0 radical (unpaired) electrons. The van der Waals surface area contributed by atoms with Gasteiger partial charge in [-0.15, -0.1) is 17.9 Å². The van der Waals surface area contributed by atoms with Crippen LogP contribution in [0.1, 0.15) is 28.9 Å². The van der Waals surface area contributed by atoms with Crippen molar-refractivity contribution in [3.05, 3.63) is 47.6 Å². The molecule has 1 aromatic carbocycles. The Hall–Kier alpha value is -1.48. The minimum atomic E-state index is -0.259. The lowest BCUT2D eigenvalue weighted by atomic mass is 10.1. The minimum absolute atomic E-state index is 0.133. The highest BCUT2D eigenvalue weighted by atomic mass is 32.1. The Bertz CT molecular complexity index is 556. The summed E-state index contributed by atoms with van der Waals surface area (Å²) in [6.07, 6.45) is 4.02. The van der Waals surface area contributed by atoms with Gasteiger partial charge in [0.1, 0.15) is 5.82 Å². The second kappa shape index (κ2) is 5.23. The molecule has 0 saturated heterocycles. The second-order valence-electron chi connectivity index (χ2n) is 3.90. The summed E-state index contributed by atoms with van der Waals surface area (Å²) < 4.78 is 13.8. The number of fused-ring (bicyclic) bond motifs is 1. The molecule has 0 N–H and O–H groups in total. The SMILES string of the molecule is C=CCCCC(=O)c1cc2ccc(F)cc2s1. The van der Waals surface area contributed by atoms with Gasteiger partial charge < -0.3 is 0 Å². The Balaban J connectivity index is 2.18. The van der Waals surface area contributed by atoms with Crippen LogP contribution in [-0.4, -0.2) is 5.78 Å². The van der Waals surface area contributed by atoms with Crippen LogP contribution in [0, 0.1) is 5.82 Å². The van der Waals surface area contributed by atoms with E-state index in [0.717, 1.165) is 27.8 Å². The number of benzene rings is 1. The number of unbranched alkanes of at least 4 members (excludes halogenated alkanes) is 1. The molecule has 0 spiro atoms. The molecule has 0 aliphatic carbocycles. The minimum Gasteiger partial charge on any atom is -0.293 e. The van der Waals surface area contributed by atoms with E-state index < -0.39 is 0 Å². The number of hydrogen-bond acceptors (Lipinski definition) is 2. The third-order valence-corrected chi connectivity index (χ3v) is 3.71. The molecule has 88 valence electrons. The molecule has 1 heterocycles. The number of carbonyl (C=O) groups excluding carboxylic acids is 1. The summed E-state index contributed by atoms with van der Waals surface area (Å²) in [5.41, 5.74) is 0. The van der Waals surface area contributed by atoms with E-state index in [1.807, 2.05) is 12.1 Å². The molecule has 0 aliphatic heterocycles. The van der Waals surface area contributed by atoms with Gasteiger partial charge in [-0.1, -0.05) is 12.1 Å². The zero-order chi connectivity index (χ0) is 12.3. The molecule has 2 aromatic rings. The standard InChI is InChI=1S/C14H13FOS/c1-2-3-4-5-12(16)14-8-10-6-7-11(15)9-13(10)17-14/h2,6-9H,1,3-5H2. The maximum absolute atomic E-state index is 13.0. The number of Topliss-reactive ketones (excluding diaryl/α,β-unsaturated/α-hetero) is 1. The molecule has 0 bridgehead atoms. The third-order valence-electron chi connectivity index (χ3n) is 2.57. The number of rotatable bonds is 5. The van der Waals surface area contributed by atoms with Crippen molar-refractivity contribution in [3.8, 4) is 0 Å². The van der Waals surface area contributed by atoms with Crippen molar-refractivity contribution in [3.63, 3.8) is 0 Å². The predicted molar refractivity (Wildman–Crippen MR) is 70.2 cm³/mol. The highest BCUT2D eigenvalue weighted by Gasteiger charge is 2.10. The number of thiophene rings is 1. The van der Waals surface area contributed by atoms with Crippen molar-refractivity contribution in [1.29, 1.82) is 0 Å². The fourth-order valence-corrected chi connectivity index (χ4v) is 2.73. The van der Waals surface area contributed by atoms with Gasteiger partial charge in [0.25, 0.3) is 0 Å². The highest BCUT2D eigenvalue weighted by Crippen LogP contribution is 2.27. The van der Waals surface area contributed by atoms with Crippen molar-refractivity contribution in [2.45, 2.75) is 19.3 Å². The van der Waals surface area contributed by atoms with Crippen molar-refractivity contribution in [2.75, 3.05) is 0 Å². The zero-order valence-corrected chi connectivity index (χ0v) is 10.2. The fourth-order valence-electron chi connectivity index (χ4n) is 1.67. The monoisotopic (exact) mass is 248 g/mol. The van der Waals surface area contributed by atoms with Gasteiger partial charge in [-0.3, -0.25) is 4.79 Å². The Morgan fingerprint density at radius 2 is 2.24 bits per heavy atom. The summed E-state index contributed by atoms with van der Waals surface area (Å²) >= 11 is 1.36. The molecule has 0 unspecified atom stereocenters. The second-order valence-corrected chi connectivity index (χ2v) is 4.98. The first-order valence-corrected chi connectivity index (χ1v) is 6.35. The molecule has 0 aliphatic rings. The van der Waals surface area contributed by atoms with Gasteiger partial charge in [-0.25, -0.2) is 4.39 Å². The fraction of sp³-hybridized carbons (Fsp3) is 0.214. The van der Waals surface area contributed by atoms with Gasteiger partial charge in [0, 0.05) is 11.1 Å². The molecule has 17 heavy (non-hydrogen) atoms. The number of ketones is 1. The van der Waals surface area contributed by atoms with Crippen LogP contribution in [-0.2, 0) is 0 Å². The van der Waals surface area contributed by atoms with Gasteiger partial charge >= 0.3 is 0 Å². The van der Waals surface area contributed by atoms with Crippen LogP contribution >= 0.6 is 11.3 Å². The number of halogens is 1. The van der Waals surface area contributed by atoms with E-state index in [4.69, 9.17) is 0 Å². The molecule has 0 fully saturated rings. The van der Waals surface area contributed by atoms with Crippen LogP contribution in [0.25, 0.3) is 10.1 Å². The lowest BCUT2D eigenvalue weighted by Crippen LogP contribution is -1.94. The largest absolute Gasteiger partial charge is 0.293 e. The van der Waals surface area contributed by atoms with Crippen LogP contribution in [0.5, 0.6) is 0 Å². The van der Waals surface area contributed by atoms with E-state index >= 15 is 0 Å². The van der Waals surface area contributed by atoms with Gasteiger partial charge in [0.2, 0.25) is 0 Å². The lowest BCUT2D eigenvalue weighted by molar-refractivity contribution is 0.0984. The summed E-state index contributed by atoms with van der Waals surface area (Å²) in [6.45, 7) is 3.62. The molecule has 0 amide bonds. The van der Waals surface area contributed by atoms with E-state index in [9.17, 15) is 9.18 Å². The van der Waals surface area contributed by atoms with Crippen LogP contribution in [0.4, 0.5) is 4.39 Å². The van der Waals surface area contributed by atoms with E-state index in [1.165, 1.54) is 23.5 Å². The first-order valence-electron chi connectivity index (χ1n) is 5.54. The number of hydrogen-bond donors (Lipinski definition) is 0. The normalized spacial score (nSPS) is 10.6. The molecule has 0 saturated carbocycles. The molecular formula is C14H13FOS. The summed E-state index contributed by atoms with van der Waals surface area (Å²) in [7, 11) is 0. The van der Waals surface area contributed by atoms with Crippen LogP contribution in [0.15, 0.2) is 36.9 Å². The highest BCUT2D eigenvalue weighted by molar-refractivity contribution is 7.20. The Kier molecular flexibility index (Phi) is 3.69. The number of carbonyl (C=O) groups is 1. The smallest absolute Gasteiger partial charge is 0.172 e. The summed E-state index contributed by atoms with van der Waals surface area (Å²) in [5, 5.41) is 0.934. The zero-order valence-electron chi connectivity index (χ0n) is 9.41. The van der Waals surface area contributed by atoms with E-state index in [1.54, 1.807) is 6.07 Å². The van der Waals surface area contributed by atoms with Crippen LogP contribution in [0.2, 0.25) is 0 Å². The first-order chi connectivity index (χ1) is 8.20. The average Bonchev–Trinajstić information content (AvgIpc) is 2.72.